The van der Waals surface area contributed by atoms with Gasteiger partial charge >= 0.3 is 5.97 Å². The monoisotopic (exact) mass is 311 g/mol. The molecule has 0 aromatic heterocycles. The van der Waals surface area contributed by atoms with E-state index < -0.39 is 11.4 Å². The van der Waals surface area contributed by atoms with Crippen molar-refractivity contribution in [2.45, 2.75) is 57.8 Å². The maximum Gasteiger partial charge on any atom is 0.313 e. The van der Waals surface area contributed by atoms with Crippen molar-refractivity contribution < 1.29 is 19.4 Å². The summed E-state index contributed by atoms with van der Waals surface area (Å²) in [5.41, 5.74) is -0.909. The third kappa shape index (κ3) is 4.22. The number of amides is 1. The number of hydrogen-bond donors (Lipinski definition) is 1. The Bertz CT molecular complexity index is 392. The van der Waals surface area contributed by atoms with Crippen molar-refractivity contribution in [2.75, 3.05) is 26.8 Å². The van der Waals surface area contributed by atoms with Crippen LogP contribution < -0.4 is 0 Å². The summed E-state index contributed by atoms with van der Waals surface area (Å²) < 4.78 is 5.06. The summed E-state index contributed by atoms with van der Waals surface area (Å²) in [4.78, 5) is 25.5. The van der Waals surface area contributed by atoms with Crippen molar-refractivity contribution in [3.8, 4) is 0 Å². The second-order valence-corrected chi connectivity index (χ2v) is 6.98. The molecule has 0 bridgehead atoms. The number of hydrogen-bond acceptors (Lipinski definition) is 3. The summed E-state index contributed by atoms with van der Waals surface area (Å²) in [5, 5.41) is 9.42. The Morgan fingerprint density at radius 3 is 2.64 bits per heavy atom. The smallest absolute Gasteiger partial charge is 0.313 e. The largest absolute Gasteiger partial charge is 0.481 e. The van der Waals surface area contributed by atoms with Crippen LogP contribution in [-0.2, 0) is 14.3 Å². The first kappa shape index (κ1) is 17.3. The number of rotatable bonds is 7. The fourth-order valence-corrected chi connectivity index (χ4v) is 3.89. The molecule has 1 atom stereocenters. The Labute approximate surface area is 133 Å². The Morgan fingerprint density at radius 1 is 1.27 bits per heavy atom. The lowest BCUT2D eigenvalue weighted by Gasteiger charge is -2.24. The lowest BCUT2D eigenvalue weighted by Crippen LogP contribution is -2.40. The molecule has 5 nitrogen and oxygen atoms in total. The molecular weight excluding hydrogens is 282 g/mol. The molecule has 2 fully saturated rings. The van der Waals surface area contributed by atoms with Gasteiger partial charge in [0.15, 0.2) is 0 Å². The van der Waals surface area contributed by atoms with Crippen LogP contribution in [0.5, 0.6) is 0 Å². The zero-order valence-corrected chi connectivity index (χ0v) is 13.7. The van der Waals surface area contributed by atoms with E-state index in [0.29, 0.717) is 25.9 Å². The zero-order valence-electron chi connectivity index (χ0n) is 13.7. The van der Waals surface area contributed by atoms with E-state index in [1.807, 2.05) is 0 Å². The molecule has 5 heteroatoms. The molecule has 1 aliphatic carbocycles. The quantitative estimate of drug-likeness (QED) is 0.785. The number of carbonyl (C=O) groups excluding carboxylic acids is 1. The normalized spacial score (nSPS) is 26.3. The van der Waals surface area contributed by atoms with Crippen molar-refractivity contribution in [1.29, 1.82) is 0 Å². The topological polar surface area (TPSA) is 66.8 Å². The number of aliphatic carboxylic acids is 1. The van der Waals surface area contributed by atoms with Crippen LogP contribution in [0.2, 0.25) is 0 Å². The molecule has 1 saturated heterocycles. The third-order valence-corrected chi connectivity index (χ3v) is 5.31. The molecule has 1 N–H and O–H groups in total. The van der Waals surface area contributed by atoms with Gasteiger partial charge in [0.2, 0.25) is 5.91 Å². The van der Waals surface area contributed by atoms with Crippen LogP contribution in [0.1, 0.15) is 57.8 Å². The van der Waals surface area contributed by atoms with E-state index in [2.05, 4.69) is 0 Å². The first-order chi connectivity index (χ1) is 10.6. The van der Waals surface area contributed by atoms with Crippen molar-refractivity contribution in [2.24, 2.45) is 11.3 Å². The fraction of sp³-hybridized carbons (Fsp3) is 0.882. The van der Waals surface area contributed by atoms with Gasteiger partial charge in [0.1, 0.15) is 5.41 Å². The molecule has 126 valence electrons. The van der Waals surface area contributed by atoms with Gasteiger partial charge in [-0.2, -0.15) is 0 Å². The van der Waals surface area contributed by atoms with Crippen LogP contribution in [0.15, 0.2) is 0 Å². The highest BCUT2D eigenvalue weighted by atomic mass is 16.5. The van der Waals surface area contributed by atoms with Crippen molar-refractivity contribution in [3.63, 3.8) is 0 Å². The maximum atomic E-state index is 12.3. The highest BCUT2D eigenvalue weighted by Gasteiger charge is 2.46. The standard InChI is InChI=1S/C17H29NO4/c1-22-13-17(16(20)21)10-11-18(12-17)15(19)9-5-8-14-6-3-2-4-7-14/h14H,2-13H2,1H3,(H,20,21). The summed E-state index contributed by atoms with van der Waals surface area (Å²) in [6, 6.07) is 0. The Hall–Kier alpha value is -1.10. The molecule has 1 unspecified atom stereocenters. The maximum absolute atomic E-state index is 12.3. The third-order valence-electron chi connectivity index (χ3n) is 5.31. The Kier molecular flexibility index (Phi) is 6.24. The molecule has 22 heavy (non-hydrogen) atoms. The number of carboxylic acids is 1. The molecule has 2 aliphatic rings. The Morgan fingerprint density at radius 2 is 2.00 bits per heavy atom. The van der Waals surface area contributed by atoms with Crippen LogP contribution >= 0.6 is 0 Å². The highest BCUT2D eigenvalue weighted by molar-refractivity contribution is 5.80. The minimum atomic E-state index is -0.909. The molecule has 0 aromatic carbocycles. The van der Waals surface area contributed by atoms with Crippen LogP contribution in [0.3, 0.4) is 0 Å². The predicted octanol–water partition coefficient (Wildman–Crippen LogP) is 2.69. The van der Waals surface area contributed by atoms with E-state index >= 15 is 0 Å². The van der Waals surface area contributed by atoms with Gasteiger partial charge in [-0.3, -0.25) is 9.59 Å². The summed E-state index contributed by atoms with van der Waals surface area (Å²) in [7, 11) is 1.51. The minimum Gasteiger partial charge on any atom is -0.481 e. The highest BCUT2D eigenvalue weighted by Crippen LogP contribution is 2.32. The second-order valence-electron chi connectivity index (χ2n) is 6.98. The second kappa shape index (κ2) is 7.95. The van der Waals surface area contributed by atoms with Crippen molar-refractivity contribution in [3.05, 3.63) is 0 Å². The average Bonchev–Trinajstić information content (AvgIpc) is 2.94. The van der Waals surface area contributed by atoms with Crippen molar-refractivity contribution in [1.82, 2.24) is 4.90 Å². The summed E-state index contributed by atoms with van der Waals surface area (Å²) in [5.74, 6) is 0.0497. The molecule has 0 aromatic rings. The van der Waals surface area contributed by atoms with Crippen LogP contribution in [-0.4, -0.2) is 48.7 Å². The van der Waals surface area contributed by atoms with E-state index in [1.165, 1.54) is 39.2 Å². The molecule has 1 aliphatic heterocycles. The van der Waals surface area contributed by atoms with E-state index in [4.69, 9.17) is 4.74 Å². The molecule has 2 rings (SSSR count). The van der Waals surface area contributed by atoms with E-state index in [-0.39, 0.29) is 12.5 Å². The molecule has 0 spiro atoms. The molecular formula is C17H29NO4. The number of likely N-dealkylation sites (tertiary alicyclic amines) is 1. The number of ether oxygens (including phenoxy) is 1. The Balaban J connectivity index is 1.75. The van der Waals surface area contributed by atoms with Gasteiger partial charge in [0, 0.05) is 26.6 Å². The van der Waals surface area contributed by atoms with Gasteiger partial charge in [-0.05, 0) is 25.2 Å². The van der Waals surface area contributed by atoms with Crippen LogP contribution in [0.4, 0.5) is 0 Å². The predicted molar refractivity (Wildman–Crippen MR) is 83.6 cm³/mol. The van der Waals surface area contributed by atoms with Gasteiger partial charge in [-0.25, -0.2) is 0 Å². The average molecular weight is 311 g/mol. The van der Waals surface area contributed by atoms with Gasteiger partial charge in [-0.1, -0.05) is 32.1 Å². The van der Waals surface area contributed by atoms with E-state index in [0.717, 1.165) is 18.8 Å². The molecule has 1 heterocycles. The summed E-state index contributed by atoms with van der Waals surface area (Å²) in [6.07, 6.45) is 9.78. The van der Waals surface area contributed by atoms with Gasteiger partial charge < -0.3 is 14.7 Å². The summed E-state index contributed by atoms with van der Waals surface area (Å²) in [6.45, 7) is 1.00. The first-order valence-electron chi connectivity index (χ1n) is 8.57. The lowest BCUT2D eigenvalue weighted by atomic mass is 9.86. The summed E-state index contributed by atoms with van der Waals surface area (Å²) >= 11 is 0. The molecule has 1 amide bonds. The van der Waals surface area contributed by atoms with Crippen molar-refractivity contribution >= 4 is 11.9 Å². The van der Waals surface area contributed by atoms with E-state index in [9.17, 15) is 14.7 Å². The first-order valence-corrected chi connectivity index (χ1v) is 8.57. The lowest BCUT2D eigenvalue weighted by molar-refractivity contribution is -0.151. The van der Waals surface area contributed by atoms with Crippen LogP contribution in [0, 0.1) is 11.3 Å². The van der Waals surface area contributed by atoms with Gasteiger partial charge in [0.25, 0.3) is 0 Å². The number of carboxylic acid groups (broad SMARTS) is 1. The van der Waals surface area contributed by atoms with Gasteiger partial charge in [0.05, 0.1) is 6.61 Å². The van der Waals surface area contributed by atoms with Crippen LogP contribution in [0.25, 0.3) is 0 Å². The zero-order chi connectivity index (χ0) is 16.0. The SMILES string of the molecule is COCC1(C(=O)O)CCN(C(=O)CCCC2CCCCC2)C1. The number of methoxy groups -OCH3 is 1. The molecule has 0 radical (unpaired) electrons. The number of carbonyl (C=O) groups is 2. The molecule has 1 saturated carbocycles. The fourth-order valence-electron chi connectivity index (χ4n) is 3.89. The van der Waals surface area contributed by atoms with E-state index in [1.54, 1.807) is 4.90 Å². The number of nitrogens with zero attached hydrogens (tertiary/aromatic N) is 1. The van der Waals surface area contributed by atoms with Gasteiger partial charge in [-0.15, -0.1) is 0 Å². The minimum absolute atomic E-state index is 0.107.